The predicted molar refractivity (Wildman–Crippen MR) is 117 cm³/mol. The van der Waals surface area contributed by atoms with Crippen LogP contribution < -0.4 is 9.04 Å². The summed E-state index contributed by atoms with van der Waals surface area (Å²) in [6.45, 7) is 3.94. The molecule has 0 N–H and O–H groups in total. The average Bonchev–Trinajstić information content (AvgIpc) is 2.67. The predicted octanol–water partition coefficient (Wildman–Crippen LogP) is 3.86. The second-order valence-corrected chi connectivity index (χ2v) is 9.25. The number of hydrogen-bond acceptors (Lipinski definition) is 4. The Morgan fingerprint density at radius 1 is 1.17 bits per heavy atom. The first-order chi connectivity index (χ1) is 13.6. The molecule has 29 heavy (non-hydrogen) atoms. The number of rotatable bonds is 8. The standard InChI is InChI=1S/C21H27ClN2O4S/c1-6-19(21(25)23(3)14-16-8-11-18(28-4)12-9-16)24(29(5,26)27)20-13-17(22)10-7-15(20)2/h7-13,19H,6,14H2,1-5H3/t19-/m1/s1. The molecule has 6 nitrogen and oxygen atoms in total. The van der Waals surface area contributed by atoms with Gasteiger partial charge in [0.2, 0.25) is 15.9 Å². The first-order valence-electron chi connectivity index (χ1n) is 9.22. The summed E-state index contributed by atoms with van der Waals surface area (Å²) in [5.74, 6) is 0.446. The van der Waals surface area contributed by atoms with Gasteiger partial charge in [0.1, 0.15) is 11.8 Å². The van der Waals surface area contributed by atoms with Crippen LogP contribution in [0.1, 0.15) is 24.5 Å². The van der Waals surface area contributed by atoms with Crippen molar-refractivity contribution < 1.29 is 17.9 Å². The number of carbonyl (C=O) groups is 1. The van der Waals surface area contributed by atoms with Crippen LogP contribution in [0.3, 0.4) is 0 Å². The molecule has 0 fully saturated rings. The van der Waals surface area contributed by atoms with Crippen LogP contribution >= 0.6 is 11.6 Å². The van der Waals surface area contributed by atoms with E-state index in [9.17, 15) is 13.2 Å². The second-order valence-electron chi connectivity index (χ2n) is 6.96. The molecular weight excluding hydrogens is 412 g/mol. The van der Waals surface area contributed by atoms with Crippen LogP contribution in [0.4, 0.5) is 5.69 Å². The number of halogens is 1. The van der Waals surface area contributed by atoms with Gasteiger partial charge in [-0.2, -0.15) is 0 Å². The van der Waals surface area contributed by atoms with E-state index in [4.69, 9.17) is 16.3 Å². The van der Waals surface area contributed by atoms with Crippen LogP contribution in [0.15, 0.2) is 42.5 Å². The second kappa shape index (κ2) is 9.50. The maximum Gasteiger partial charge on any atom is 0.246 e. The Morgan fingerprint density at radius 2 is 1.79 bits per heavy atom. The Bertz CT molecular complexity index is 961. The molecule has 0 saturated heterocycles. The van der Waals surface area contributed by atoms with Crippen molar-refractivity contribution >= 4 is 33.2 Å². The van der Waals surface area contributed by atoms with Crippen LogP contribution in [0, 0.1) is 6.92 Å². The molecule has 0 saturated carbocycles. The van der Waals surface area contributed by atoms with Crippen LogP contribution in [0.25, 0.3) is 0 Å². The fraction of sp³-hybridized carbons (Fsp3) is 0.381. The third-order valence-corrected chi connectivity index (χ3v) is 6.08. The molecule has 158 valence electrons. The minimum atomic E-state index is -3.72. The molecule has 2 rings (SSSR count). The first-order valence-corrected chi connectivity index (χ1v) is 11.4. The quantitative estimate of drug-likeness (QED) is 0.627. The Labute approximate surface area is 178 Å². The summed E-state index contributed by atoms with van der Waals surface area (Å²) < 4.78 is 31.6. The molecule has 2 aromatic rings. The lowest BCUT2D eigenvalue weighted by Gasteiger charge is -2.33. The lowest BCUT2D eigenvalue weighted by molar-refractivity contribution is -0.131. The number of carbonyl (C=O) groups excluding carboxylic acids is 1. The normalized spacial score (nSPS) is 12.3. The van der Waals surface area contributed by atoms with Crippen molar-refractivity contribution in [1.82, 2.24) is 4.90 Å². The van der Waals surface area contributed by atoms with Crippen molar-refractivity contribution in [3.05, 3.63) is 58.6 Å². The number of amides is 1. The van der Waals surface area contributed by atoms with Gasteiger partial charge in [0.15, 0.2) is 0 Å². The van der Waals surface area contributed by atoms with Crippen LogP contribution in [-0.4, -0.2) is 45.7 Å². The van der Waals surface area contributed by atoms with Crippen LogP contribution in [0.2, 0.25) is 5.02 Å². The number of ether oxygens (including phenoxy) is 1. The molecule has 0 bridgehead atoms. The number of benzene rings is 2. The van der Waals surface area contributed by atoms with E-state index in [-0.39, 0.29) is 5.91 Å². The van der Waals surface area contributed by atoms with Gasteiger partial charge >= 0.3 is 0 Å². The smallest absolute Gasteiger partial charge is 0.246 e. The highest BCUT2D eigenvalue weighted by atomic mass is 35.5. The Balaban J connectivity index is 2.35. The molecule has 0 spiro atoms. The maximum absolute atomic E-state index is 13.2. The van der Waals surface area contributed by atoms with Gasteiger partial charge < -0.3 is 9.64 Å². The van der Waals surface area contributed by atoms with Crippen molar-refractivity contribution in [2.45, 2.75) is 32.9 Å². The zero-order valence-electron chi connectivity index (χ0n) is 17.3. The SMILES string of the molecule is CC[C@H](C(=O)N(C)Cc1ccc(OC)cc1)N(c1cc(Cl)ccc1C)S(C)(=O)=O. The fourth-order valence-corrected chi connectivity index (χ4v) is 4.60. The molecule has 0 radical (unpaired) electrons. The Hall–Kier alpha value is -2.25. The number of methoxy groups -OCH3 is 1. The van der Waals surface area contributed by atoms with Crippen molar-refractivity contribution in [2.75, 3.05) is 24.7 Å². The number of nitrogens with zero attached hydrogens (tertiary/aromatic N) is 2. The zero-order valence-corrected chi connectivity index (χ0v) is 18.9. The van der Waals surface area contributed by atoms with Crippen molar-refractivity contribution in [2.24, 2.45) is 0 Å². The Kier molecular flexibility index (Phi) is 7.54. The molecule has 2 aromatic carbocycles. The molecule has 8 heteroatoms. The van der Waals surface area contributed by atoms with Gasteiger partial charge in [-0.1, -0.05) is 36.7 Å². The molecule has 1 amide bonds. The largest absolute Gasteiger partial charge is 0.497 e. The molecule has 0 aliphatic rings. The summed E-state index contributed by atoms with van der Waals surface area (Å²) in [5, 5.41) is 0.410. The highest BCUT2D eigenvalue weighted by molar-refractivity contribution is 7.92. The number of sulfonamides is 1. The molecule has 0 unspecified atom stereocenters. The molecule has 0 aliphatic carbocycles. The van der Waals surface area contributed by atoms with E-state index in [2.05, 4.69) is 0 Å². The third kappa shape index (κ3) is 5.64. The summed E-state index contributed by atoms with van der Waals surface area (Å²) in [7, 11) is -0.460. The molecule has 0 aliphatic heterocycles. The van der Waals surface area contributed by atoms with Gasteiger partial charge in [-0.05, 0) is 48.7 Å². The van der Waals surface area contributed by atoms with E-state index in [0.717, 1.165) is 23.1 Å². The molecular formula is C21H27ClN2O4S. The number of anilines is 1. The zero-order chi connectivity index (χ0) is 21.8. The summed E-state index contributed by atoms with van der Waals surface area (Å²) >= 11 is 6.11. The topological polar surface area (TPSA) is 66.9 Å². The minimum absolute atomic E-state index is 0.284. The Morgan fingerprint density at radius 3 is 2.31 bits per heavy atom. The van der Waals surface area contributed by atoms with Gasteiger partial charge in [0, 0.05) is 18.6 Å². The summed E-state index contributed by atoms with van der Waals surface area (Å²) in [6, 6.07) is 11.5. The van der Waals surface area contributed by atoms with Gasteiger partial charge in [-0.25, -0.2) is 8.42 Å². The number of likely N-dealkylation sites (N-methyl/N-ethyl adjacent to an activating group) is 1. The van der Waals surface area contributed by atoms with Gasteiger partial charge in [0.05, 0.1) is 19.1 Å². The summed E-state index contributed by atoms with van der Waals surface area (Å²) in [4.78, 5) is 14.8. The first kappa shape index (κ1) is 23.0. The highest BCUT2D eigenvalue weighted by Crippen LogP contribution is 2.30. The van der Waals surface area contributed by atoms with E-state index in [1.54, 1.807) is 46.2 Å². The van der Waals surface area contributed by atoms with Gasteiger partial charge in [-0.15, -0.1) is 0 Å². The summed E-state index contributed by atoms with van der Waals surface area (Å²) in [6.07, 6.45) is 1.43. The molecule has 1 atom stereocenters. The lowest BCUT2D eigenvalue weighted by atomic mass is 10.1. The average molecular weight is 439 g/mol. The van der Waals surface area contributed by atoms with Crippen molar-refractivity contribution in [3.8, 4) is 5.75 Å². The lowest BCUT2D eigenvalue weighted by Crippen LogP contribution is -2.49. The highest BCUT2D eigenvalue weighted by Gasteiger charge is 2.34. The van der Waals surface area contributed by atoms with Gasteiger partial charge in [0.25, 0.3) is 0 Å². The number of aryl methyl sites for hydroxylation is 1. The van der Waals surface area contributed by atoms with Crippen molar-refractivity contribution in [3.63, 3.8) is 0 Å². The third-order valence-electron chi connectivity index (χ3n) is 4.68. The van der Waals surface area contributed by atoms with E-state index in [0.29, 0.717) is 23.7 Å². The van der Waals surface area contributed by atoms with E-state index >= 15 is 0 Å². The molecule has 0 heterocycles. The fourth-order valence-electron chi connectivity index (χ4n) is 3.18. The van der Waals surface area contributed by atoms with E-state index in [1.807, 2.05) is 24.3 Å². The monoisotopic (exact) mass is 438 g/mol. The molecule has 0 aromatic heterocycles. The van der Waals surface area contributed by atoms with Crippen LogP contribution in [0.5, 0.6) is 5.75 Å². The minimum Gasteiger partial charge on any atom is -0.497 e. The van der Waals surface area contributed by atoms with E-state index < -0.39 is 16.1 Å². The van der Waals surface area contributed by atoms with Gasteiger partial charge in [-0.3, -0.25) is 9.10 Å². The van der Waals surface area contributed by atoms with Crippen molar-refractivity contribution in [1.29, 1.82) is 0 Å². The van der Waals surface area contributed by atoms with Crippen LogP contribution in [-0.2, 0) is 21.4 Å². The maximum atomic E-state index is 13.2. The summed E-state index contributed by atoms with van der Waals surface area (Å²) in [5.41, 5.74) is 2.06. The number of hydrogen-bond donors (Lipinski definition) is 0. The van der Waals surface area contributed by atoms with E-state index in [1.165, 1.54) is 9.21 Å².